The maximum absolute atomic E-state index is 11.9. The molecule has 0 saturated carbocycles. The summed E-state index contributed by atoms with van der Waals surface area (Å²) in [5, 5.41) is 18.1. The number of nitrogens with zero attached hydrogens (tertiary/aromatic N) is 1. The van der Waals surface area contributed by atoms with Gasteiger partial charge < -0.3 is 5.11 Å². The van der Waals surface area contributed by atoms with Crippen molar-refractivity contribution in [2.75, 3.05) is 0 Å². The molecule has 2 rings (SSSR count). The predicted molar refractivity (Wildman–Crippen MR) is 72.6 cm³/mol. The molecule has 3 heteroatoms. The van der Waals surface area contributed by atoms with Gasteiger partial charge in [0, 0.05) is 5.56 Å². The van der Waals surface area contributed by atoms with Gasteiger partial charge in [0.05, 0.1) is 11.6 Å². The molecule has 0 unspecified atom stereocenters. The fourth-order valence-corrected chi connectivity index (χ4v) is 1.64. The molecule has 0 aliphatic carbocycles. The molecule has 0 spiro atoms. The zero-order chi connectivity index (χ0) is 13.7. The smallest absolute Gasteiger partial charge is 0.185 e. The summed E-state index contributed by atoms with van der Waals surface area (Å²) in [6.07, 6.45) is 3.07. The van der Waals surface area contributed by atoms with E-state index < -0.39 is 0 Å². The molecule has 2 aromatic carbocycles. The van der Waals surface area contributed by atoms with E-state index in [-0.39, 0.29) is 11.5 Å². The monoisotopic (exact) mass is 249 g/mol. The number of aromatic hydroxyl groups is 1. The molecular formula is C16H11NO2. The highest BCUT2D eigenvalue weighted by Gasteiger charge is 2.02. The van der Waals surface area contributed by atoms with Gasteiger partial charge in [0.1, 0.15) is 5.75 Å². The van der Waals surface area contributed by atoms with Crippen LogP contribution in [0.5, 0.6) is 5.75 Å². The Morgan fingerprint density at radius 3 is 2.68 bits per heavy atom. The summed E-state index contributed by atoms with van der Waals surface area (Å²) >= 11 is 0. The summed E-state index contributed by atoms with van der Waals surface area (Å²) in [5.74, 6) is -0.135. The maximum Gasteiger partial charge on any atom is 0.185 e. The lowest BCUT2D eigenvalue weighted by atomic mass is 10.1. The molecule has 0 fully saturated rings. The zero-order valence-corrected chi connectivity index (χ0v) is 10.1. The fourth-order valence-electron chi connectivity index (χ4n) is 1.64. The molecule has 1 N–H and O–H groups in total. The third kappa shape index (κ3) is 3.30. The van der Waals surface area contributed by atoms with Crippen LogP contribution in [-0.4, -0.2) is 10.9 Å². The van der Waals surface area contributed by atoms with Crippen LogP contribution in [0.2, 0.25) is 0 Å². The standard InChI is InChI=1S/C16H11NO2/c17-11-13-4-1-3-12(9-13)7-8-16(19)14-5-2-6-15(18)10-14/h1-10,18H/b8-7-. The molecule has 0 saturated heterocycles. The zero-order valence-electron chi connectivity index (χ0n) is 10.1. The van der Waals surface area contributed by atoms with Crippen LogP contribution in [0.3, 0.4) is 0 Å². The number of carbonyl (C=O) groups is 1. The van der Waals surface area contributed by atoms with Crippen LogP contribution >= 0.6 is 0 Å². The Labute approximate surface area is 111 Å². The number of nitriles is 1. The van der Waals surface area contributed by atoms with Gasteiger partial charge in [-0.2, -0.15) is 5.26 Å². The van der Waals surface area contributed by atoms with Gasteiger partial charge in [0.25, 0.3) is 0 Å². The first-order chi connectivity index (χ1) is 9.19. The third-order valence-electron chi connectivity index (χ3n) is 2.57. The number of hydrogen-bond acceptors (Lipinski definition) is 3. The Bertz CT molecular complexity index is 681. The first kappa shape index (κ1) is 12.6. The SMILES string of the molecule is N#Cc1cccc(/C=C\C(=O)c2cccc(O)c2)c1. The van der Waals surface area contributed by atoms with Crippen molar-refractivity contribution in [2.45, 2.75) is 0 Å². The van der Waals surface area contributed by atoms with Crippen LogP contribution < -0.4 is 0 Å². The molecule has 92 valence electrons. The van der Waals surface area contributed by atoms with Gasteiger partial charge in [0.2, 0.25) is 0 Å². The van der Waals surface area contributed by atoms with E-state index in [0.29, 0.717) is 11.1 Å². The highest BCUT2D eigenvalue weighted by atomic mass is 16.3. The molecule has 0 radical (unpaired) electrons. The van der Waals surface area contributed by atoms with Crippen LogP contribution in [0, 0.1) is 11.3 Å². The van der Waals surface area contributed by atoms with Crippen LogP contribution in [0.15, 0.2) is 54.6 Å². The van der Waals surface area contributed by atoms with Gasteiger partial charge in [0.15, 0.2) is 5.78 Å². The highest BCUT2D eigenvalue weighted by Crippen LogP contribution is 2.13. The number of ketones is 1. The van der Waals surface area contributed by atoms with Crippen molar-refractivity contribution in [3.63, 3.8) is 0 Å². The van der Waals surface area contributed by atoms with E-state index in [0.717, 1.165) is 5.56 Å². The summed E-state index contributed by atoms with van der Waals surface area (Å²) < 4.78 is 0. The van der Waals surface area contributed by atoms with Gasteiger partial charge >= 0.3 is 0 Å². The largest absolute Gasteiger partial charge is 0.508 e. The number of benzene rings is 2. The average Bonchev–Trinajstić information content (AvgIpc) is 2.45. The summed E-state index contributed by atoms with van der Waals surface area (Å²) in [6.45, 7) is 0. The number of rotatable bonds is 3. The van der Waals surface area contributed by atoms with Gasteiger partial charge in [-0.15, -0.1) is 0 Å². The summed E-state index contributed by atoms with van der Waals surface area (Å²) in [6, 6.07) is 15.2. The third-order valence-corrected chi connectivity index (χ3v) is 2.57. The van der Waals surface area contributed by atoms with E-state index in [1.807, 2.05) is 12.1 Å². The Kier molecular flexibility index (Phi) is 3.75. The van der Waals surface area contributed by atoms with Gasteiger partial charge in [-0.3, -0.25) is 4.79 Å². The minimum Gasteiger partial charge on any atom is -0.508 e. The first-order valence-electron chi connectivity index (χ1n) is 5.70. The van der Waals surface area contributed by atoms with Crippen LogP contribution in [-0.2, 0) is 0 Å². The number of allylic oxidation sites excluding steroid dienone is 1. The molecule has 0 amide bonds. The average molecular weight is 249 g/mol. The summed E-state index contributed by atoms with van der Waals surface area (Å²) in [5.41, 5.74) is 1.76. The van der Waals surface area contributed by atoms with Crippen molar-refractivity contribution in [3.8, 4) is 11.8 Å². The fraction of sp³-hybridized carbons (Fsp3) is 0. The van der Waals surface area contributed by atoms with Crippen molar-refractivity contribution in [1.29, 1.82) is 5.26 Å². The van der Waals surface area contributed by atoms with Crippen molar-refractivity contribution >= 4 is 11.9 Å². The van der Waals surface area contributed by atoms with E-state index in [4.69, 9.17) is 5.26 Å². The quantitative estimate of drug-likeness (QED) is 0.671. The Hall–Kier alpha value is -2.86. The molecule has 0 atom stereocenters. The predicted octanol–water partition coefficient (Wildman–Crippen LogP) is 3.16. The Morgan fingerprint density at radius 1 is 1.16 bits per heavy atom. The second-order valence-electron chi connectivity index (χ2n) is 3.99. The number of phenolic OH excluding ortho intramolecular Hbond substituents is 1. The molecule has 0 aliphatic heterocycles. The second-order valence-corrected chi connectivity index (χ2v) is 3.99. The molecular weight excluding hydrogens is 238 g/mol. The van der Waals surface area contributed by atoms with Crippen molar-refractivity contribution in [1.82, 2.24) is 0 Å². The topological polar surface area (TPSA) is 61.1 Å². The minimum absolute atomic E-state index is 0.0609. The number of phenols is 1. The van der Waals surface area contributed by atoms with E-state index in [9.17, 15) is 9.90 Å². The van der Waals surface area contributed by atoms with Crippen LogP contribution in [0.4, 0.5) is 0 Å². The number of hydrogen-bond donors (Lipinski definition) is 1. The lowest BCUT2D eigenvalue weighted by Crippen LogP contribution is -1.93. The Balaban J connectivity index is 2.18. The molecule has 0 heterocycles. The maximum atomic E-state index is 11.9. The Morgan fingerprint density at radius 2 is 1.95 bits per heavy atom. The lowest BCUT2D eigenvalue weighted by Gasteiger charge is -1.97. The second kappa shape index (κ2) is 5.65. The van der Waals surface area contributed by atoms with Gasteiger partial charge in [-0.1, -0.05) is 30.3 Å². The van der Waals surface area contributed by atoms with Crippen molar-refractivity contribution in [3.05, 3.63) is 71.3 Å². The van der Waals surface area contributed by atoms with Crippen molar-refractivity contribution in [2.24, 2.45) is 0 Å². The molecule has 0 bridgehead atoms. The molecule has 3 nitrogen and oxygen atoms in total. The van der Waals surface area contributed by atoms with Crippen LogP contribution in [0.1, 0.15) is 21.5 Å². The molecule has 0 aromatic heterocycles. The van der Waals surface area contributed by atoms with Gasteiger partial charge in [-0.25, -0.2) is 0 Å². The highest BCUT2D eigenvalue weighted by molar-refractivity contribution is 6.07. The number of carbonyl (C=O) groups excluding carboxylic acids is 1. The van der Waals surface area contributed by atoms with Gasteiger partial charge in [-0.05, 0) is 35.9 Å². The van der Waals surface area contributed by atoms with E-state index in [1.165, 1.54) is 18.2 Å². The van der Waals surface area contributed by atoms with E-state index >= 15 is 0 Å². The molecule has 19 heavy (non-hydrogen) atoms. The van der Waals surface area contributed by atoms with Crippen LogP contribution in [0.25, 0.3) is 6.08 Å². The summed E-state index contributed by atoms with van der Waals surface area (Å²) in [7, 11) is 0. The molecule has 2 aromatic rings. The molecule has 0 aliphatic rings. The van der Waals surface area contributed by atoms with E-state index in [1.54, 1.807) is 36.4 Å². The minimum atomic E-state index is -0.196. The van der Waals surface area contributed by atoms with Crippen molar-refractivity contribution < 1.29 is 9.90 Å². The lowest BCUT2D eigenvalue weighted by molar-refractivity contribution is 0.104. The summed E-state index contributed by atoms with van der Waals surface area (Å²) in [4.78, 5) is 11.9. The first-order valence-corrected chi connectivity index (χ1v) is 5.70. The normalized spacial score (nSPS) is 10.3. The van der Waals surface area contributed by atoms with E-state index in [2.05, 4.69) is 0 Å².